The van der Waals surface area contributed by atoms with Crippen LogP contribution < -0.4 is 0 Å². The van der Waals surface area contributed by atoms with Crippen LogP contribution >= 0.6 is 0 Å². The maximum absolute atomic E-state index is 4.09. The van der Waals surface area contributed by atoms with Crippen molar-refractivity contribution in [1.29, 1.82) is 0 Å². The second-order valence-electron chi connectivity index (χ2n) is 4.10. The quantitative estimate of drug-likeness (QED) is 0.530. The van der Waals surface area contributed by atoms with Crippen molar-refractivity contribution in [3.05, 3.63) is 12.2 Å². The van der Waals surface area contributed by atoms with Gasteiger partial charge in [0.05, 0.1) is 0 Å². The second-order valence-corrected chi connectivity index (χ2v) is 4.10. The molecule has 11 heavy (non-hydrogen) atoms. The fourth-order valence-corrected chi connectivity index (χ4v) is 2.65. The third-order valence-electron chi connectivity index (χ3n) is 3.21. The molecule has 1 aliphatic rings. The van der Waals surface area contributed by atoms with Gasteiger partial charge in [-0.3, -0.25) is 0 Å². The Morgan fingerprint density at radius 2 is 2.09 bits per heavy atom. The van der Waals surface area contributed by atoms with Gasteiger partial charge in [0, 0.05) is 0 Å². The lowest BCUT2D eigenvalue weighted by Gasteiger charge is -2.21. The molecule has 0 nitrogen and oxygen atoms in total. The van der Waals surface area contributed by atoms with Gasteiger partial charge < -0.3 is 0 Å². The maximum Gasteiger partial charge on any atom is -0.0155 e. The summed E-state index contributed by atoms with van der Waals surface area (Å²) in [6.45, 7) is 10.9. The Bertz CT molecular complexity index is 146. The van der Waals surface area contributed by atoms with Gasteiger partial charge in [-0.25, -0.2) is 0 Å². The summed E-state index contributed by atoms with van der Waals surface area (Å²) in [5.74, 6) is 2.64. The molecule has 0 heteroatoms. The minimum absolute atomic E-state index is 0.819. The van der Waals surface area contributed by atoms with Gasteiger partial charge in [-0.05, 0) is 37.5 Å². The second kappa shape index (κ2) is 3.42. The Morgan fingerprint density at radius 3 is 2.45 bits per heavy atom. The molecule has 1 saturated carbocycles. The van der Waals surface area contributed by atoms with Crippen molar-refractivity contribution < 1.29 is 0 Å². The molecule has 0 aromatic carbocycles. The first-order valence-corrected chi connectivity index (χ1v) is 4.82. The van der Waals surface area contributed by atoms with Gasteiger partial charge in [-0.1, -0.05) is 32.4 Å². The van der Waals surface area contributed by atoms with Crippen LogP contribution in [0.25, 0.3) is 0 Å². The van der Waals surface area contributed by atoms with Crippen molar-refractivity contribution in [2.24, 2.45) is 17.8 Å². The summed E-state index contributed by atoms with van der Waals surface area (Å²) in [6.07, 6.45) is 4.17. The van der Waals surface area contributed by atoms with Crippen LogP contribution in [0, 0.1) is 17.8 Å². The Morgan fingerprint density at radius 1 is 1.45 bits per heavy atom. The van der Waals surface area contributed by atoms with Crippen LogP contribution in [-0.2, 0) is 0 Å². The molecule has 0 aromatic rings. The topological polar surface area (TPSA) is 0 Å². The van der Waals surface area contributed by atoms with Crippen molar-refractivity contribution >= 4 is 0 Å². The molecule has 0 aromatic heterocycles. The molecule has 0 N–H and O–H groups in total. The van der Waals surface area contributed by atoms with E-state index in [4.69, 9.17) is 0 Å². The van der Waals surface area contributed by atoms with E-state index in [1.165, 1.54) is 24.8 Å². The van der Waals surface area contributed by atoms with E-state index in [1.54, 1.807) is 0 Å². The zero-order chi connectivity index (χ0) is 8.43. The van der Waals surface area contributed by atoms with Gasteiger partial charge in [0.1, 0.15) is 0 Å². The molecule has 0 spiro atoms. The van der Waals surface area contributed by atoms with E-state index in [2.05, 4.69) is 27.4 Å². The number of hydrogen-bond donors (Lipinski definition) is 0. The Balaban J connectivity index is 2.63. The lowest BCUT2D eigenvalue weighted by molar-refractivity contribution is 0.372. The van der Waals surface area contributed by atoms with Crippen molar-refractivity contribution in [2.45, 2.75) is 40.0 Å². The molecule has 0 radical (unpaired) electrons. The third kappa shape index (κ3) is 1.66. The summed E-state index contributed by atoms with van der Waals surface area (Å²) in [5.41, 5.74) is 1.40. The first kappa shape index (κ1) is 8.83. The average molecular weight is 152 g/mol. The highest BCUT2D eigenvalue weighted by Gasteiger charge is 2.31. The van der Waals surface area contributed by atoms with Crippen LogP contribution in [0.4, 0.5) is 0 Å². The van der Waals surface area contributed by atoms with Crippen molar-refractivity contribution in [3.8, 4) is 0 Å². The molecule has 3 atom stereocenters. The molecule has 1 fully saturated rings. The SMILES string of the molecule is C=C(C)C1C(C)CCC1CC. The fraction of sp³-hybridized carbons (Fsp3) is 0.818. The number of hydrogen-bond acceptors (Lipinski definition) is 0. The zero-order valence-electron chi connectivity index (χ0n) is 8.06. The van der Waals surface area contributed by atoms with E-state index >= 15 is 0 Å². The highest BCUT2D eigenvalue weighted by molar-refractivity contribution is 5.03. The van der Waals surface area contributed by atoms with E-state index in [-0.39, 0.29) is 0 Å². The van der Waals surface area contributed by atoms with Crippen LogP contribution in [0.3, 0.4) is 0 Å². The average Bonchev–Trinajstić information content (AvgIpc) is 2.30. The molecule has 0 bridgehead atoms. The van der Waals surface area contributed by atoms with Gasteiger partial charge in [0.2, 0.25) is 0 Å². The first-order valence-electron chi connectivity index (χ1n) is 4.82. The van der Waals surface area contributed by atoms with Gasteiger partial charge in [-0.2, -0.15) is 0 Å². The molecule has 0 aliphatic heterocycles. The maximum atomic E-state index is 4.09. The first-order chi connectivity index (χ1) is 5.16. The zero-order valence-corrected chi connectivity index (χ0v) is 8.06. The minimum Gasteiger partial charge on any atom is -0.0998 e. The Labute approximate surface area is 70.7 Å². The molecule has 0 saturated heterocycles. The van der Waals surface area contributed by atoms with E-state index in [9.17, 15) is 0 Å². The van der Waals surface area contributed by atoms with Gasteiger partial charge in [0.15, 0.2) is 0 Å². The summed E-state index contributed by atoms with van der Waals surface area (Å²) >= 11 is 0. The van der Waals surface area contributed by atoms with Crippen molar-refractivity contribution in [2.75, 3.05) is 0 Å². The highest BCUT2D eigenvalue weighted by Crippen LogP contribution is 2.42. The predicted molar refractivity (Wildman–Crippen MR) is 50.5 cm³/mol. The molecule has 64 valence electrons. The van der Waals surface area contributed by atoms with E-state index in [1.807, 2.05) is 0 Å². The van der Waals surface area contributed by atoms with E-state index in [0.717, 1.165) is 17.8 Å². The molecule has 0 heterocycles. The lowest BCUT2D eigenvalue weighted by atomic mass is 9.84. The molecule has 0 amide bonds. The van der Waals surface area contributed by atoms with Crippen LogP contribution in [0.2, 0.25) is 0 Å². The molecular weight excluding hydrogens is 132 g/mol. The summed E-state index contributed by atoms with van der Waals surface area (Å²) < 4.78 is 0. The van der Waals surface area contributed by atoms with Crippen LogP contribution in [0.1, 0.15) is 40.0 Å². The standard InChI is InChI=1S/C11H20/c1-5-10-7-6-9(4)11(10)8(2)3/h9-11H,2,5-7H2,1,3-4H3. The van der Waals surface area contributed by atoms with Crippen LogP contribution in [-0.4, -0.2) is 0 Å². The molecule has 3 unspecified atom stereocenters. The largest absolute Gasteiger partial charge is 0.0998 e. The van der Waals surface area contributed by atoms with Gasteiger partial charge in [0.25, 0.3) is 0 Å². The Kier molecular flexibility index (Phi) is 2.75. The number of allylic oxidation sites excluding steroid dienone is 1. The normalized spacial score (nSPS) is 37.5. The summed E-state index contributed by atoms with van der Waals surface area (Å²) in [4.78, 5) is 0. The summed E-state index contributed by atoms with van der Waals surface area (Å²) in [5, 5.41) is 0. The summed E-state index contributed by atoms with van der Waals surface area (Å²) in [6, 6.07) is 0. The van der Waals surface area contributed by atoms with Crippen molar-refractivity contribution in [3.63, 3.8) is 0 Å². The smallest absolute Gasteiger partial charge is 0.0155 e. The summed E-state index contributed by atoms with van der Waals surface area (Å²) in [7, 11) is 0. The van der Waals surface area contributed by atoms with Gasteiger partial charge in [-0.15, -0.1) is 0 Å². The Hall–Kier alpha value is -0.260. The van der Waals surface area contributed by atoms with Crippen molar-refractivity contribution in [1.82, 2.24) is 0 Å². The van der Waals surface area contributed by atoms with E-state index < -0.39 is 0 Å². The third-order valence-corrected chi connectivity index (χ3v) is 3.21. The molecule has 1 aliphatic carbocycles. The van der Waals surface area contributed by atoms with Crippen LogP contribution in [0.5, 0.6) is 0 Å². The fourth-order valence-electron chi connectivity index (χ4n) is 2.65. The molecular formula is C11H20. The molecule has 1 rings (SSSR count). The van der Waals surface area contributed by atoms with E-state index in [0.29, 0.717) is 0 Å². The predicted octanol–water partition coefficient (Wildman–Crippen LogP) is 3.63. The highest BCUT2D eigenvalue weighted by atomic mass is 14.4. The van der Waals surface area contributed by atoms with Gasteiger partial charge >= 0.3 is 0 Å². The minimum atomic E-state index is 0.819. The van der Waals surface area contributed by atoms with Crippen LogP contribution in [0.15, 0.2) is 12.2 Å². The number of rotatable bonds is 2. The monoisotopic (exact) mass is 152 g/mol. The lowest BCUT2D eigenvalue weighted by Crippen LogP contribution is -2.13.